The van der Waals surface area contributed by atoms with E-state index in [1.54, 1.807) is 29.8 Å². The van der Waals surface area contributed by atoms with Gasteiger partial charge in [-0.25, -0.2) is 4.98 Å². The lowest BCUT2D eigenvalue weighted by Crippen LogP contribution is -2.20. The summed E-state index contributed by atoms with van der Waals surface area (Å²) in [5.74, 6) is 0.375. The summed E-state index contributed by atoms with van der Waals surface area (Å²) in [6.45, 7) is 4.74. The number of benzene rings is 1. The van der Waals surface area contributed by atoms with E-state index in [0.29, 0.717) is 12.5 Å². The van der Waals surface area contributed by atoms with Gasteiger partial charge in [-0.2, -0.15) is 0 Å². The third kappa shape index (κ3) is 4.86. The molecule has 0 unspecified atom stereocenters. The van der Waals surface area contributed by atoms with E-state index < -0.39 is 0 Å². The first-order valence-electron chi connectivity index (χ1n) is 8.52. The summed E-state index contributed by atoms with van der Waals surface area (Å²) in [4.78, 5) is 20.6. The van der Waals surface area contributed by atoms with Gasteiger partial charge in [-0.15, -0.1) is 11.3 Å². The molecule has 3 aromatic rings. The molecule has 0 atom stereocenters. The topological polar surface area (TPSA) is 54.9 Å². The average Bonchev–Trinajstić information content (AvgIpc) is 3.15. The monoisotopic (exact) mass is 363 g/mol. The first-order valence-corrected chi connectivity index (χ1v) is 9.40. The summed E-state index contributed by atoms with van der Waals surface area (Å²) in [6.07, 6.45) is 6.90. The van der Waals surface area contributed by atoms with Gasteiger partial charge < -0.3 is 5.32 Å². The Balaban J connectivity index is 1.53. The Morgan fingerprint density at radius 1 is 1.23 bits per heavy atom. The highest BCUT2D eigenvalue weighted by Gasteiger charge is 2.05. The summed E-state index contributed by atoms with van der Waals surface area (Å²) < 4.78 is 0. The SMILES string of the molecule is CC(C)c1ccc(/C=C/C(=O)NCc2csc(-c3cccnc3)n2)cc1. The summed E-state index contributed by atoms with van der Waals surface area (Å²) >= 11 is 1.55. The Labute approximate surface area is 157 Å². The highest BCUT2D eigenvalue weighted by Crippen LogP contribution is 2.22. The number of carbonyl (C=O) groups excluding carboxylic acids is 1. The second-order valence-corrected chi connectivity index (χ2v) is 7.12. The van der Waals surface area contributed by atoms with Crippen molar-refractivity contribution < 1.29 is 4.79 Å². The summed E-state index contributed by atoms with van der Waals surface area (Å²) in [7, 11) is 0. The Morgan fingerprint density at radius 3 is 2.73 bits per heavy atom. The van der Waals surface area contributed by atoms with E-state index >= 15 is 0 Å². The van der Waals surface area contributed by atoms with Gasteiger partial charge >= 0.3 is 0 Å². The number of thiazole rings is 1. The maximum Gasteiger partial charge on any atom is 0.244 e. The molecular formula is C21H21N3OS. The Morgan fingerprint density at radius 2 is 2.04 bits per heavy atom. The molecule has 2 heterocycles. The highest BCUT2D eigenvalue weighted by molar-refractivity contribution is 7.13. The van der Waals surface area contributed by atoms with Crippen molar-refractivity contribution in [1.29, 1.82) is 0 Å². The summed E-state index contributed by atoms with van der Waals surface area (Å²) in [6, 6.07) is 12.1. The van der Waals surface area contributed by atoms with Crippen molar-refractivity contribution in [2.75, 3.05) is 0 Å². The summed E-state index contributed by atoms with van der Waals surface area (Å²) in [5, 5.41) is 5.73. The predicted octanol–water partition coefficient (Wildman–Crippen LogP) is 4.66. The van der Waals surface area contributed by atoms with Crippen LogP contribution in [0.4, 0.5) is 0 Å². The van der Waals surface area contributed by atoms with Crippen LogP contribution in [0.5, 0.6) is 0 Å². The number of hydrogen-bond donors (Lipinski definition) is 1. The lowest BCUT2D eigenvalue weighted by Gasteiger charge is -2.04. The number of nitrogens with one attached hydrogen (secondary N) is 1. The molecule has 0 saturated heterocycles. The molecule has 0 fully saturated rings. The van der Waals surface area contributed by atoms with Crippen LogP contribution >= 0.6 is 11.3 Å². The lowest BCUT2D eigenvalue weighted by atomic mass is 10.0. The van der Waals surface area contributed by atoms with Crippen LogP contribution in [0.1, 0.15) is 36.6 Å². The molecule has 0 spiro atoms. The van der Waals surface area contributed by atoms with Gasteiger partial charge in [-0.05, 0) is 35.3 Å². The van der Waals surface area contributed by atoms with Gasteiger partial charge in [0.15, 0.2) is 0 Å². The van der Waals surface area contributed by atoms with E-state index in [-0.39, 0.29) is 5.91 Å². The number of rotatable bonds is 6. The van der Waals surface area contributed by atoms with Crippen molar-refractivity contribution in [2.45, 2.75) is 26.3 Å². The molecule has 1 amide bonds. The van der Waals surface area contributed by atoms with Crippen molar-refractivity contribution in [2.24, 2.45) is 0 Å². The van der Waals surface area contributed by atoms with Crippen LogP contribution in [0.15, 0.2) is 60.2 Å². The molecule has 0 radical (unpaired) electrons. The van der Waals surface area contributed by atoms with Crippen LogP contribution < -0.4 is 5.32 Å². The fraction of sp³-hybridized carbons (Fsp3) is 0.190. The van der Waals surface area contributed by atoms with E-state index in [1.807, 2.05) is 35.7 Å². The molecule has 4 nitrogen and oxygen atoms in total. The second-order valence-electron chi connectivity index (χ2n) is 6.26. The Hall–Kier alpha value is -2.79. The minimum absolute atomic E-state index is 0.131. The van der Waals surface area contributed by atoms with Crippen molar-refractivity contribution in [3.8, 4) is 10.6 Å². The minimum Gasteiger partial charge on any atom is -0.347 e. The molecular weight excluding hydrogens is 342 g/mol. The largest absolute Gasteiger partial charge is 0.347 e. The van der Waals surface area contributed by atoms with Gasteiger partial charge in [-0.3, -0.25) is 9.78 Å². The molecule has 0 aliphatic rings. The van der Waals surface area contributed by atoms with Crippen molar-refractivity contribution in [3.05, 3.63) is 77.1 Å². The minimum atomic E-state index is -0.131. The third-order valence-electron chi connectivity index (χ3n) is 3.93. The highest BCUT2D eigenvalue weighted by atomic mass is 32.1. The van der Waals surface area contributed by atoms with Crippen LogP contribution in [0.25, 0.3) is 16.6 Å². The lowest BCUT2D eigenvalue weighted by molar-refractivity contribution is -0.116. The Kier molecular flexibility index (Phi) is 5.92. The quantitative estimate of drug-likeness (QED) is 0.648. The van der Waals surface area contributed by atoms with Gasteiger partial charge in [-0.1, -0.05) is 38.1 Å². The number of hydrogen-bond acceptors (Lipinski definition) is 4. The average molecular weight is 363 g/mol. The molecule has 0 aliphatic carbocycles. The first kappa shape index (κ1) is 18.0. The van der Waals surface area contributed by atoms with Gasteiger partial charge in [0.1, 0.15) is 5.01 Å². The molecule has 5 heteroatoms. The zero-order chi connectivity index (χ0) is 18.4. The van der Waals surface area contributed by atoms with Gasteiger partial charge in [0.2, 0.25) is 5.91 Å². The van der Waals surface area contributed by atoms with E-state index in [0.717, 1.165) is 21.8 Å². The predicted molar refractivity (Wildman–Crippen MR) is 107 cm³/mol. The number of amides is 1. The number of carbonyl (C=O) groups is 1. The van der Waals surface area contributed by atoms with Crippen LogP contribution in [0.2, 0.25) is 0 Å². The molecule has 1 aromatic carbocycles. The van der Waals surface area contributed by atoms with E-state index in [9.17, 15) is 4.79 Å². The van der Waals surface area contributed by atoms with Gasteiger partial charge in [0, 0.05) is 29.4 Å². The van der Waals surface area contributed by atoms with Crippen LogP contribution in [0.3, 0.4) is 0 Å². The molecule has 3 rings (SSSR count). The van der Waals surface area contributed by atoms with E-state index in [2.05, 4.69) is 41.3 Å². The Bertz CT molecular complexity index is 883. The number of pyridine rings is 1. The zero-order valence-corrected chi connectivity index (χ0v) is 15.7. The zero-order valence-electron chi connectivity index (χ0n) is 14.8. The molecule has 0 saturated carbocycles. The smallest absolute Gasteiger partial charge is 0.244 e. The normalized spacial score (nSPS) is 11.2. The maximum atomic E-state index is 12.0. The summed E-state index contributed by atoms with van der Waals surface area (Å²) in [5.41, 5.74) is 4.13. The molecule has 1 N–H and O–H groups in total. The number of nitrogens with zero attached hydrogens (tertiary/aromatic N) is 2. The molecule has 2 aromatic heterocycles. The standard InChI is InChI=1S/C21H21N3OS/c1-15(2)17-8-5-16(6-9-17)7-10-20(25)23-13-19-14-26-21(24-19)18-4-3-11-22-12-18/h3-12,14-15H,13H2,1-2H3,(H,23,25)/b10-7+. The van der Waals surface area contributed by atoms with Crippen LogP contribution in [-0.2, 0) is 11.3 Å². The molecule has 0 bridgehead atoms. The second kappa shape index (κ2) is 8.54. The molecule has 132 valence electrons. The molecule has 26 heavy (non-hydrogen) atoms. The van der Waals surface area contributed by atoms with Crippen LogP contribution in [0, 0.1) is 0 Å². The first-order chi connectivity index (χ1) is 12.6. The number of aromatic nitrogens is 2. The fourth-order valence-electron chi connectivity index (χ4n) is 2.41. The van der Waals surface area contributed by atoms with Gasteiger partial charge in [0.05, 0.1) is 12.2 Å². The third-order valence-corrected chi connectivity index (χ3v) is 4.87. The van der Waals surface area contributed by atoms with Crippen molar-refractivity contribution in [3.63, 3.8) is 0 Å². The van der Waals surface area contributed by atoms with Gasteiger partial charge in [0.25, 0.3) is 0 Å². The molecule has 0 aliphatic heterocycles. The van der Waals surface area contributed by atoms with Crippen molar-refractivity contribution in [1.82, 2.24) is 15.3 Å². The van der Waals surface area contributed by atoms with E-state index in [4.69, 9.17) is 0 Å². The maximum absolute atomic E-state index is 12.0. The van der Waals surface area contributed by atoms with Crippen molar-refractivity contribution >= 4 is 23.3 Å². The fourth-order valence-corrected chi connectivity index (χ4v) is 3.22. The van der Waals surface area contributed by atoms with E-state index in [1.165, 1.54) is 5.56 Å². The van der Waals surface area contributed by atoms with Crippen LogP contribution in [-0.4, -0.2) is 15.9 Å².